The van der Waals surface area contributed by atoms with Crippen LogP contribution in [0.5, 0.6) is 11.5 Å². The molecule has 0 fully saturated rings. The Hall–Kier alpha value is -4.34. The van der Waals surface area contributed by atoms with Crippen molar-refractivity contribution in [1.82, 2.24) is 9.55 Å². The number of hydrogen-bond acceptors (Lipinski definition) is 4. The lowest BCUT2D eigenvalue weighted by Crippen LogP contribution is -2.21. The molecule has 1 amide bonds. The van der Waals surface area contributed by atoms with Crippen LogP contribution in [0.1, 0.15) is 5.56 Å². The summed E-state index contributed by atoms with van der Waals surface area (Å²) in [4.78, 5) is 25.4. The number of benzene rings is 2. The first kappa shape index (κ1) is 24.3. The summed E-state index contributed by atoms with van der Waals surface area (Å²) in [5.74, 6) is -1.44. The molecule has 176 valence electrons. The molecule has 0 aliphatic rings. The zero-order chi connectivity index (χ0) is 24.7. The molecule has 2 aromatic heterocycles. The van der Waals surface area contributed by atoms with E-state index in [2.05, 4.69) is 16.4 Å². The Morgan fingerprint density at radius 3 is 2.32 bits per heavy atom. The first-order chi connectivity index (χ1) is 16.1. The van der Waals surface area contributed by atoms with Gasteiger partial charge in [-0.05, 0) is 48.0 Å². The minimum absolute atomic E-state index is 0.0488. The molecule has 0 aliphatic heterocycles. The fourth-order valence-electron chi connectivity index (χ4n) is 3.09. The predicted molar refractivity (Wildman–Crippen MR) is 120 cm³/mol. The summed E-state index contributed by atoms with van der Waals surface area (Å²) < 4.78 is 39.5. The molecule has 7 nitrogen and oxygen atoms in total. The first-order valence-electron chi connectivity index (χ1n) is 9.94. The fraction of sp³-hybridized carbons (Fsp3) is 0.125. The van der Waals surface area contributed by atoms with E-state index in [1.165, 1.54) is 0 Å². The highest BCUT2D eigenvalue weighted by Gasteiger charge is 2.38. The van der Waals surface area contributed by atoms with Crippen LogP contribution in [0.3, 0.4) is 0 Å². The number of ether oxygens (including phenoxy) is 1. The summed E-state index contributed by atoms with van der Waals surface area (Å²) in [7, 11) is 1.99. The van der Waals surface area contributed by atoms with Gasteiger partial charge in [0.2, 0.25) is 5.91 Å². The van der Waals surface area contributed by atoms with E-state index >= 15 is 0 Å². The summed E-state index contributed by atoms with van der Waals surface area (Å²) in [5.41, 5.74) is 2.87. The lowest BCUT2D eigenvalue weighted by Gasteiger charge is -2.08. The zero-order valence-electron chi connectivity index (χ0n) is 17.9. The molecule has 4 rings (SSSR count). The van der Waals surface area contributed by atoms with Crippen LogP contribution in [0.2, 0.25) is 0 Å². The highest BCUT2D eigenvalue weighted by molar-refractivity contribution is 5.96. The predicted octanol–water partition coefficient (Wildman–Crippen LogP) is 5.18. The average molecular weight is 471 g/mol. The number of anilines is 1. The van der Waals surface area contributed by atoms with E-state index in [4.69, 9.17) is 14.6 Å². The first-order valence-corrected chi connectivity index (χ1v) is 9.94. The molecule has 0 saturated carbocycles. The van der Waals surface area contributed by atoms with Gasteiger partial charge in [-0.2, -0.15) is 13.2 Å². The Labute approximate surface area is 192 Å². The van der Waals surface area contributed by atoms with Gasteiger partial charge in [0.1, 0.15) is 11.5 Å². The lowest BCUT2D eigenvalue weighted by molar-refractivity contribution is -0.192. The van der Waals surface area contributed by atoms with Gasteiger partial charge in [-0.1, -0.05) is 18.2 Å². The number of carboxylic acid groups (broad SMARTS) is 1. The largest absolute Gasteiger partial charge is 0.490 e. The quantitative estimate of drug-likeness (QED) is 0.418. The summed E-state index contributed by atoms with van der Waals surface area (Å²) in [6.07, 6.45) is 0.603. The molecule has 0 spiro atoms. The fourth-order valence-corrected chi connectivity index (χ4v) is 3.09. The van der Waals surface area contributed by atoms with E-state index in [1.54, 1.807) is 12.4 Å². The molecule has 2 heterocycles. The van der Waals surface area contributed by atoms with Gasteiger partial charge >= 0.3 is 12.1 Å². The molecule has 4 aromatic rings. The van der Waals surface area contributed by atoms with Crippen LogP contribution in [-0.4, -0.2) is 32.7 Å². The summed E-state index contributed by atoms with van der Waals surface area (Å²) >= 11 is 0. The van der Waals surface area contributed by atoms with E-state index in [0.717, 1.165) is 22.2 Å². The third-order valence-electron chi connectivity index (χ3n) is 4.58. The maximum Gasteiger partial charge on any atom is 0.490 e. The molecule has 2 aromatic carbocycles. The third kappa shape index (κ3) is 6.58. The van der Waals surface area contributed by atoms with Crippen molar-refractivity contribution < 1.29 is 32.6 Å². The van der Waals surface area contributed by atoms with E-state index in [-0.39, 0.29) is 5.91 Å². The number of aryl methyl sites for hydroxylation is 1. The monoisotopic (exact) mass is 471 g/mol. The second-order valence-electron chi connectivity index (χ2n) is 7.13. The number of nitrogens with one attached hydrogen (secondary N) is 1. The molecule has 0 bridgehead atoms. The van der Waals surface area contributed by atoms with E-state index < -0.39 is 12.1 Å². The number of para-hydroxylation sites is 1. The molecule has 0 unspecified atom stereocenters. The number of aliphatic carboxylic acids is 1. The van der Waals surface area contributed by atoms with Gasteiger partial charge < -0.3 is 19.7 Å². The van der Waals surface area contributed by atoms with Crippen molar-refractivity contribution in [2.24, 2.45) is 7.05 Å². The number of pyridine rings is 1. The van der Waals surface area contributed by atoms with Crippen LogP contribution in [0.25, 0.3) is 10.9 Å². The van der Waals surface area contributed by atoms with Crippen LogP contribution in [-0.2, 0) is 23.1 Å². The number of hydrogen-bond donors (Lipinski definition) is 2. The van der Waals surface area contributed by atoms with E-state index in [9.17, 15) is 18.0 Å². The Balaban J connectivity index is 0.000000406. The van der Waals surface area contributed by atoms with Crippen molar-refractivity contribution in [3.63, 3.8) is 0 Å². The second kappa shape index (κ2) is 10.5. The number of amides is 1. The zero-order valence-corrected chi connectivity index (χ0v) is 17.9. The minimum Gasteiger partial charge on any atom is -0.475 e. The van der Waals surface area contributed by atoms with Gasteiger partial charge in [-0.25, -0.2) is 4.79 Å². The third-order valence-corrected chi connectivity index (χ3v) is 4.58. The number of fused-ring (bicyclic) bond motifs is 1. The number of aromatic nitrogens is 2. The van der Waals surface area contributed by atoms with Gasteiger partial charge in [0.25, 0.3) is 0 Å². The maximum absolute atomic E-state index is 12.5. The van der Waals surface area contributed by atoms with Gasteiger partial charge in [0.15, 0.2) is 0 Å². The average Bonchev–Trinajstić information content (AvgIpc) is 3.11. The Bertz CT molecular complexity index is 1270. The lowest BCUT2D eigenvalue weighted by atomic mass is 10.1. The number of halogens is 3. The van der Waals surface area contributed by atoms with Crippen LogP contribution in [0, 0.1) is 0 Å². The van der Waals surface area contributed by atoms with Crippen LogP contribution < -0.4 is 10.1 Å². The number of alkyl halides is 3. The molecular weight excluding hydrogens is 451 g/mol. The van der Waals surface area contributed by atoms with Crippen molar-refractivity contribution in [3.05, 3.63) is 84.8 Å². The molecule has 0 saturated heterocycles. The number of carbonyl (C=O) groups excluding carboxylic acids is 1. The van der Waals surface area contributed by atoms with E-state index in [0.29, 0.717) is 17.9 Å². The Morgan fingerprint density at radius 1 is 1.03 bits per heavy atom. The van der Waals surface area contributed by atoms with Gasteiger partial charge in [-0.15, -0.1) is 0 Å². The van der Waals surface area contributed by atoms with Crippen LogP contribution in [0.15, 0.2) is 79.3 Å². The topological polar surface area (TPSA) is 93.5 Å². The molecule has 0 aliphatic carbocycles. The van der Waals surface area contributed by atoms with Crippen molar-refractivity contribution in [1.29, 1.82) is 0 Å². The summed E-state index contributed by atoms with van der Waals surface area (Å²) in [5, 5.41) is 11.2. The van der Waals surface area contributed by atoms with Crippen LogP contribution in [0.4, 0.5) is 18.9 Å². The second-order valence-corrected chi connectivity index (χ2v) is 7.13. The van der Waals surface area contributed by atoms with Crippen molar-refractivity contribution in [2.75, 3.05) is 5.32 Å². The SMILES string of the molecule is Cn1cc(CC(=O)Nc2ccc(Oc3cccnc3)cc2)c2ccccc21.O=C(O)C(F)(F)F. The summed E-state index contributed by atoms with van der Waals surface area (Å²) in [6, 6.07) is 19.0. The molecule has 0 radical (unpaired) electrons. The molecule has 2 N–H and O–H groups in total. The molecule has 0 atom stereocenters. The normalized spacial score (nSPS) is 10.8. The van der Waals surface area contributed by atoms with Crippen molar-refractivity contribution in [2.45, 2.75) is 12.6 Å². The van der Waals surface area contributed by atoms with Crippen molar-refractivity contribution >= 4 is 28.5 Å². The highest BCUT2D eigenvalue weighted by atomic mass is 19.4. The number of nitrogens with zero attached hydrogens (tertiary/aromatic N) is 2. The van der Waals surface area contributed by atoms with E-state index in [1.807, 2.05) is 72.4 Å². The van der Waals surface area contributed by atoms with Gasteiger partial charge in [-0.3, -0.25) is 9.78 Å². The van der Waals surface area contributed by atoms with Crippen molar-refractivity contribution in [3.8, 4) is 11.5 Å². The maximum atomic E-state index is 12.5. The van der Waals surface area contributed by atoms with Crippen LogP contribution >= 0.6 is 0 Å². The van der Waals surface area contributed by atoms with Gasteiger partial charge in [0, 0.05) is 36.0 Å². The minimum atomic E-state index is -5.08. The highest BCUT2D eigenvalue weighted by Crippen LogP contribution is 2.23. The standard InChI is InChI=1S/C22H19N3O2.C2HF3O2/c1-25-15-16(20-6-2-3-7-21(20)25)13-22(26)24-17-8-10-18(11-9-17)27-19-5-4-12-23-14-19;3-2(4,5)1(6)7/h2-12,14-15H,13H2,1H3,(H,24,26);(H,6,7). The van der Waals surface area contributed by atoms with Gasteiger partial charge in [0.05, 0.1) is 12.6 Å². The Kier molecular flexibility index (Phi) is 7.52. The smallest absolute Gasteiger partial charge is 0.475 e. The molecule has 10 heteroatoms. The molecular formula is C24H20F3N3O4. The number of carbonyl (C=O) groups is 2. The Morgan fingerprint density at radius 2 is 1.71 bits per heavy atom. The number of rotatable bonds is 5. The molecule has 34 heavy (non-hydrogen) atoms. The summed E-state index contributed by atoms with van der Waals surface area (Å²) in [6.45, 7) is 0. The number of carboxylic acids is 1.